The molecule has 1 N–H and O–H groups in total. The highest BCUT2D eigenvalue weighted by Crippen LogP contribution is 2.26. The summed E-state index contributed by atoms with van der Waals surface area (Å²) in [5.41, 5.74) is 2.98. The number of Topliss-reactive ketones (excluding diaryl/α,β-unsaturated/α-hetero) is 1. The molecule has 0 bridgehead atoms. The maximum absolute atomic E-state index is 13.7. The molecule has 0 spiro atoms. The predicted molar refractivity (Wildman–Crippen MR) is 163 cm³/mol. The Balaban J connectivity index is 1.73. The number of ketones is 1. The first-order valence-electron chi connectivity index (χ1n) is 14.5. The molecule has 0 radical (unpaired) electrons. The Morgan fingerprint density at radius 3 is 2.33 bits per heavy atom. The van der Waals surface area contributed by atoms with Crippen molar-refractivity contribution in [2.45, 2.75) is 73.2 Å². The standard InChI is InChI=1S/C32H44FN5O5/c1-21(2)38(31(42)43-32(5,6)7)14-13-34-29(40)19-36(28-16-24(23(4)39)10-9-22(28)3)20-30(41)35(8)37-17-25-11-12-27(33)15-26(25)18-37/h9-12,15-16,21H,13-14,17-20H2,1-8H3,(H,34,40). The van der Waals surface area contributed by atoms with Crippen molar-refractivity contribution in [3.05, 3.63) is 64.5 Å². The van der Waals surface area contributed by atoms with E-state index < -0.39 is 11.7 Å². The minimum absolute atomic E-state index is 0.132. The van der Waals surface area contributed by atoms with Crippen LogP contribution in [0.5, 0.6) is 0 Å². The van der Waals surface area contributed by atoms with E-state index in [0.29, 0.717) is 24.3 Å². The third-order valence-corrected chi connectivity index (χ3v) is 7.20. The van der Waals surface area contributed by atoms with Gasteiger partial charge >= 0.3 is 6.09 Å². The normalized spacial score (nSPS) is 13.0. The van der Waals surface area contributed by atoms with Crippen molar-refractivity contribution in [1.82, 2.24) is 20.2 Å². The molecule has 1 aliphatic rings. The summed E-state index contributed by atoms with van der Waals surface area (Å²) in [6.45, 7) is 13.4. The van der Waals surface area contributed by atoms with Gasteiger partial charge < -0.3 is 19.9 Å². The number of hydrazine groups is 1. The van der Waals surface area contributed by atoms with E-state index in [1.165, 1.54) is 24.1 Å². The van der Waals surface area contributed by atoms with Gasteiger partial charge in [-0.25, -0.2) is 14.2 Å². The first-order valence-corrected chi connectivity index (χ1v) is 14.5. The van der Waals surface area contributed by atoms with Crippen molar-refractivity contribution in [3.8, 4) is 0 Å². The lowest BCUT2D eigenvalue weighted by Gasteiger charge is -2.32. The van der Waals surface area contributed by atoms with Crippen molar-refractivity contribution in [3.63, 3.8) is 0 Å². The van der Waals surface area contributed by atoms with Gasteiger partial charge in [0.2, 0.25) is 5.91 Å². The molecular formula is C32H44FN5O5. The highest BCUT2D eigenvalue weighted by Gasteiger charge is 2.28. The van der Waals surface area contributed by atoms with Gasteiger partial charge in [0.15, 0.2) is 5.78 Å². The fraction of sp³-hybridized carbons (Fsp3) is 0.500. The summed E-state index contributed by atoms with van der Waals surface area (Å²) < 4.78 is 19.2. The van der Waals surface area contributed by atoms with Gasteiger partial charge in [0.1, 0.15) is 11.4 Å². The van der Waals surface area contributed by atoms with Gasteiger partial charge in [0, 0.05) is 50.5 Å². The van der Waals surface area contributed by atoms with Crippen LogP contribution in [0.2, 0.25) is 0 Å². The number of hydrogen-bond donors (Lipinski definition) is 1. The van der Waals surface area contributed by atoms with Gasteiger partial charge in [-0.2, -0.15) is 0 Å². The van der Waals surface area contributed by atoms with Crippen LogP contribution >= 0.6 is 0 Å². The van der Waals surface area contributed by atoms with Gasteiger partial charge in [0.25, 0.3) is 5.91 Å². The molecule has 3 amide bonds. The number of aryl methyl sites for hydroxylation is 1. The number of benzene rings is 2. The Morgan fingerprint density at radius 2 is 1.70 bits per heavy atom. The topological polar surface area (TPSA) is 102 Å². The van der Waals surface area contributed by atoms with E-state index in [2.05, 4.69) is 5.32 Å². The zero-order valence-electron chi connectivity index (χ0n) is 26.5. The molecule has 0 aliphatic carbocycles. The molecule has 3 rings (SSSR count). The van der Waals surface area contributed by atoms with E-state index in [9.17, 15) is 23.6 Å². The van der Waals surface area contributed by atoms with Crippen LogP contribution in [0.1, 0.15) is 68.6 Å². The quantitative estimate of drug-likeness (QED) is 0.386. The molecule has 1 aliphatic heterocycles. The number of fused-ring (bicyclic) bond motifs is 1. The molecule has 2 aromatic rings. The molecule has 234 valence electrons. The number of nitrogens with one attached hydrogen (secondary N) is 1. The summed E-state index contributed by atoms with van der Waals surface area (Å²) in [5, 5.41) is 6.16. The minimum Gasteiger partial charge on any atom is -0.444 e. The second-order valence-corrected chi connectivity index (χ2v) is 12.2. The van der Waals surface area contributed by atoms with Crippen molar-refractivity contribution in [2.24, 2.45) is 0 Å². The van der Waals surface area contributed by atoms with Gasteiger partial charge in [-0.15, -0.1) is 0 Å². The molecule has 0 fully saturated rings. The van der Waals surface area contributed by atoms with Crippen molar-refractivity contribution < 1.29 is 28.3 Å². The Labute approximate surface area is 253 Å². The monoisotopic (exact) mass is 597 g/mol. The maximum atomic E-state index is 13.7. The summed E-state index contributed by atoms with van der Waals surface area (Å²) in [5.74, 6) is -1.08. The lowest BCUT2D eigenvalue weighted by molar-refractivity contribution is -0.145. The number of ether oxygens (including phenoxy) is 1. The van der Waals surface area contributed by atoms with Crippen LogP contribution in [0.15, 0.2) is 36.4 Å². The Morgan fingerprint density at radius 1 is 1.02 bits per heavy atom. The summed E-state index contributed by atoms with van der Waals surface area (Å²) in [4.78, 5) is 54.7. The summed E-state index contributed by atoms with van der Waals surface area (Å²) in [7, 11) is 1.65. The number of rotatable bonds is 11. The number of halogens is 1. The summed E-state index contributed by atoms with van der Waals surface area (Å²) in [6, 6.07) is 9.66. The highest BCUT2D eigenvalue weighted by atomic mass is 19.1. The van der Waals surface area contributed by atoms with Crippen LogP contribution in [-0.2, 0) is 27.4 Å². The zero-order valence-corrected chi connectivity index (χ0v) is 26.5. The second kappa shape index (κ2) is 14.0. The van der Waals surface area contributed by atoms with E-state index >= 15 is 0 Å². The van der Waals surface area contributed by atoms with Gasteiger partial charge in [-0.3, -0.25) is 19.4 Å². The third-order valence-electron chi connectivity index (χ3n) is 7.20. The minimum atomic E-state index is -0.645. The third kappa shape index (κ3) is 9.25. The Hall–Kier alpha value is -3.99. The Kier molecular flexibility index (Phi) is 10.9. The van der Waals surface area contributed by atoms with E-state index in [4.69, 9.17) is 4.74 Å². The molecule has 0 aromatic heterocycles. The largest absolute Gasteiger partial charge is 0.444 e. The first kappa shape index (κ1) is 33.5. The van der Waals surface area contributed by atoms with Crippen LogP contribution in [0.25, 0.3) is 0 Å². The van der Waals surface area contributed by atoms with Crippen molar-refractivity contribution in [1.29, 1.82) is 0 Å². The second-order valence-electron chi connectivity index (χ2n) is 12.2. The SMILES string of the molecule is CC(=O)c1ccc(C)c(N(CC(=O)NCCN(C(=O)OC(C)(C)C)C(C)C)CC(=O)N(C)N2Cc3ccc(F)cc3C2)c1. The van der Waals surface area contributed by atoms with Crippen LogP contribution in [0, 0.1) is 12.7 Å². The maximum Gasteiger partial charge on any atom is 0.410 e. The number of nitrogens with zero attached hydrogens (tertiary/aromatic N) is 4. The molecule has 1 heterocycles. The van der Waals surface area contributed by atoms with E-state index in [1.807, 2.05) is 25.8 Å². The molecule has 0 saturated heterocycles. The van der Waals surface area contributed by atoms with Crippen LogP contribution in [0.3, 0.4) is 0 Å². The van der Waals surface area contributed by atoms with E-state index in [0.717, 1.165) is 16.7 Å². The van der Waals surface area contributed by atoms with Crippen LogP contribution < -0.4 is 10.2 Å². The average molecular weight is 598 g/mol. The fourth-order valence-electron chi connectivity index (χ4n) is 4.80. The van der Waals surface area contributed by atoms with Crippen LogP contribution in [-0.4, -0.2) is 83.5 Å². The Bertz CT molecular complexity index is 1360. The molecule has 0 saturated carbocycles. The van der Waals surface area contributed by atoms with Crippen molar-refractivity contribution >= 4 is 29.4 Å². The fourth-order valence-corrected chi connectivity index (χ4v) is 4.80. The van der Waals surface area contributed by atoms with Gasteiger partial charge in [-0.1, -0.05) is 18.2 Å². The number of hydrogen-bond acceptors (Lipinski definition) is 7. The number of amides is 3. The molecular weight excluding hydrogens is 553 g/mol. The molecule has 11 heteroatoms. The molecule has 10 nitrogen and oxygen atoms in total. The lowest BCUT2D eigenvalue weighted by Crippen LogP contribution is -2.49. The number of likely N-dealkylation sites (N-methyl/N-ethyl adjacent to an activating group) is 1. The molecule has 43 heavy (non-hydrogen) atoms. The average Bonchev–Trinajstić information content (AvgIpc) is 3.32. The smallest absolute Gasteiger partial charge is 0.410 e. The van der Waals surface area contributed by atoms with Gasteiger partial charge in [-0.05, 0) is 83.4 Å². The van der Waals surface area contributed by atoms with E-state index in [1.54, 1.807) is 61.9 Å². The molecule has 0 atom stereocenters. The number of anilines is 1. The summed E-state index contributed by atoms with van der Waals surface area (Å²) >= 11 is 0. The lowest BCUT2D eigenvalue weighted by atomic mass is 10.1. The summed E-state index contributed by atoms with van der Waals surface area (Å²) in [6.07, 6.45) is -0.463. The zero-order chi connectivity index (χ0) is 32.1. The molecule has 2 aromatic carbocycles. The number of carbonyl (C=O) groups excluding carboxylic acids is 4. The van der Waals surface area contributed by atoms with Crippen molar-refractivity contribution in [2.75, 3.05) is 38.1 Å². The number of carbonyl (C=O) groups is 4. The van der Waals surface area contributed by atoms with Crippen LogP contribution in [0.4, 0.5) is 14.9 Å². The van der Waals surface area contributed by atoms with E-state index in [-0.39, 0.29) is 55.6 Å². The van der Waals surface area contributed by atoms with Gasteiger partial charge in [0.05, 0.1) is 13.1 Å². The predicted octanol–water partition coefficient (Wildman–Crippen LogP) is 4.29. The highest BCUT2D eigenvalue weighted by molar-refractivity contribution is 5.96. The first-order chi connectivity index (χ1) is 20.1. The molecule has 0 unspecified atom stereocenters.